The number of nitrogens with zero attached hydrogens (tertiary/aromatic N) is 5. The minimum Gasteiger partial charge on any atom is -0.370 e. The first-order valence-electron chi connectivity index (χ1n) is 9.27. The highest BCUT2D eigenvalue weighted by Crippen LogP contribution is 2.25. The lowest BCUT2D eigenvalue weighted by atomic mass is 10.1. The Morgan fingerprint density at radius 1 is 1.27 bits per heavy atom. The fraction of sp³-hybridized carbons (Fsp3) is 0.250. The number of morpholine rings is 1. The van der Waals surface area contributed by atoms with Crippen molar-refractivity contribution in [1.82, 2.24) is 19.9 Å². The van der Waals surface area contributed by atoms with Crippen LogP contribution in [0.5, 0.6) is 0 Å². The van der Waals surface area contributed by atoms with E-state index in [0.29, 0.717) is 31.1 Å². The van der Waals surface area contributed by atoms with Crippen LogP contribution < -0.4 is 0 Å². The van der Waals surface area contributed by atoms with Crippen molar-refractivity contribution in [2.45, 2.75) is 13.0 Å². The summed E-state index contributed by atoms with van der Waals surface area (Å²) in [4.78, 5) is 25.4. The van der Waals surface area contributed by atoms with Crippen molar-refractivity contribution < 1.29 is 14.5 Å². The van der Waals surface area contributed by atoms with E-state index in [1.54, 1.807) is 24.0 Å². The summed E-state index contributed by atoms with van der Waals surface area (Å²) in [5.74, 6) is -0.241. The van der Waals surface area contributed by atoms with Crippen molar-refractivity contribution >= 4 is 27.5 Å². The first kappa shape index (κ1) is 20.2. The van der Waals surface area contributed by atoms with Crippen molar-refractivity contribution in [3.05, 3.63) is 80.1 Å². The molecule has 0 aliphatic carbocycles. The highest BCUT2D eigenvalue weighted by molar-refractivity contribution is 9.10. The monoisotopic (exact) mass is 471 g/mol. The number of halogens is 1. The van der Waals surface area contributed by atoms with E-state index in [-0.39, 0.29) is 23.4 Å². The Balaban J connectivity index is 1.56. The van der Waals surface area contributed by atoms with Gasteiger partial charge in [0.25, 0.3) is 11.6 Å². The first-order valence-corrected chi connectivity index (χ1v) is 10.1. The van der Waals surface area contributed by atoms with E-state index in [1.165, 1.54) is 16.8 Å². The highest BCUT2D eigenvalue weighted by Gasteiger charge is 2.29. The maximum atomic E-state index is 13.1. The van der Waals surface area contributed by atoms with Crippen LogP contribution in [0.3, 0.4) is 0 Å². The number of rotatable bonds is 4. The molecule has 1 aromatic heterocycles. The van der Waals surface area contributed by atoms with Crippen LogP contribution in [-0.2, 0) is 4.74 Å². The number of nitro benzene ring substituents is 1. The van der Waals surface area contributed by atoms with E-state index < -0.39 is 4.92 Å². The molecule has 0 radical (unpaired) electrons. The van der Waals surface area contributed by atoms with Crippen LogP contribution in [0.2, 0.25) is 0 Å². The lowest BCUT2D eigenvalue weighted by Gasteiger charge is -2.32. The van der Waals surface area contributed by atoms with Gasteiger partial charge in [-0.25, -0.2) is 4.68 Å². The smallest absolute Gasteiger partial charge is 0.276 e. The topological polar surface area (TPSA) is 103 Å². The Kier molecular flexibility index (Phi) is 5.60. The van der Waals surface area contributed by atoms with Gasteiger partial charge >= 0.3 is 0 Å². The summed E-state index contributed by atoms with van der Waals surface area (Å²) < 4.78 is 8.26. The normalized spacial score (nSPS) is 16.5. The molecule has 4 rings (SSSR count). The van der Waals surface area contributed by atoms with Crippen LogP contribution in [-0.4, -0.2) is 50.4 Å². The van der Waals surface area contributed by atoms with Crippen LogP contribution in [0.25, 0.3) is 5.69 Å². The first-order chi connectivity index (χ1) is 14.4. The van der Waals surface area contributed by atoms with Crippen molar-refractivity contribution in [2.24, 2.45) is 0 Å². The molecule has 3 aromatic rings. The third kappa shape index (κ3) is 3.96. The Morgan fingerprint density at radius 3 is 2.77 bits per heavy atom. The van der Waals surface area contributed by atoms with Crippen LogP contribution in [0.15, 0.2) is 53.0 Å². The molecule has 0 saturated carbocycles. The third-order valence-electron chi connectivity index (χ3n) is 4.98. The molecule has 10 heteroatoms. The van der Waals surface area contributed by atoms with Crippen molar-refractivity contribution in [2.75, 3.05) is 19.7 Å². The Morgan fingerprint density at radius 2 is 2.03 bits per heavy atom. The zero-order valence-corrected chi connectivity index (χ0v) is 17.7. The number of carbonyl (C=O) groups is 1. The molecule has 2 heterocycles. The molecule has 0 spiro atoms. The molecule has 30 heavy (non-hydrogen) atoms. The van der Waals surface area contributed by atoms with Crippen molar-refractivity contribution in [3.63, 3.8) is 0 Å². The molecule has 1 atom stereocenters. The number of hydrogen-bond donors (Lipinski definition) is 0. The van der Waals surface area contributed by atoms with E-state index in [9.17, 15) is 14.9 Å². The number of non-ortho nitro benzene ring substituents is 1. The molecule has 1 aliphatic rings. The minimum atomic E-state index is -0.474. The molecule has 154 valence electrons. The molecule has 1 saturated heterocycles. The van der Waals surface area contributed by atoms with Crippen LogP contribution in [0.4, 0.5) is 5.69 Å². The maximum Gasteiger partial charge on any atom is 0.276 e. The van der Waals surface area contributed by atoms with Crippen LogP contribution in [0, 0.1) is 17.0 Å². The van der Waals surface area contributed by atoms with E-state index in [1.807, 2.05) is 24.3 Å². The van der Waals surface area contributed by atoms with Gasteiger partial charge in [-0.2, -0.15) is 0 Å². The van der Waals surface area contributed by atoms with E-state index >= 15 is 0 Å². The fourth-order valence-electron chi connectivity index (χ4n) is 3.37. The van der Waals surface area contributed by atoms with Gasteiger partial charge in [0.2, 0.25) is 0 Å². The van der Waals surface area contributed by atoms with Gasteiger partial charge in [0, 0.05) is 23.2 Å². The predicted octanol–water partition coefficient (Wildman–Crippen LogP) is 3.46. The zero-order valence-electron chi connectivity index (χ0n) is 16.1. The highest BCUT2D eigenvalue weighted by atomic mass is 79.9. The lowest BCUT2D eigenvalue weighted by Crippen LogP contribution is -2.42. The summed E-state index contributed by atoms with van der Waals surface area (Å²) in [6.07, 6.45) is -0.220. The summed E-state index contributed by atoms with van der Waals surface area (Å²) in [6.45, 7) is 3.00. The van der Waals surface area contributed by atoms with Gasteiger partial charge in [-0.1, -0.05) is 39.3 Å². The molecule has 9 nitrogen and oxygen atoms in total. The van der Waals surface area contributed by atoms with Gasteiger partial charge in [-0.3, -0.25) is 14.9 Å². The molecular weight excluding hydrogens is 454 g/mol. The van der Waals surface area contributed by atoms with Gasteiger partial charge < -0.3 is 9.64 Å². The fourth-order valence-corrected chi connectivity index (χ4v) is 3.64. The number of hydrogen-bond acceptors (Lipinski definition) is 6. The number of nitro groups is 1. The summed E-state index contributed by atoms with van der Waals surface area (Å²) in [7, 11) is 0. The van der Waals surface area contributed by atoms with Crippen LogP contribution in [0.1, 0.15) is 27.8 Å². The zero-order chi connectivity index (χ0) is 21.3. The second-order valence-electron chi connectivity index (χ2n) is 6.87. The summed E-state index contributed by atoms with van der Waals surface area (Å²) in [5.41, 5.74) is 2.15. The number of aromatic nitrogens is 3. The summed E-state index contributed by atoms with van der Waals surface area (Å²) >= 11 is 3.42. The van der Waals surface area contributed by atoms with Gasteiger partial charge in [0.05, 0.1) is 29.5 Å². The molecule has 0 bridgehead atoms. The number of amides is 1. The second kappa shape index (κ2) is 8.33. The number of benzene rings is 2. The van der Waals surface area contributed by atoms with Gasteiger partial charge in [0.1, 0.15) is 6.10 Å². The summed E-state index contributed by atoms with van der Waals surface area (Å²) in [6, 6.07) is 13.9. The quantitative estimate of drug-likeness (QED) is 0.426. The minimum absolute atomic E-state index is 0.0548. The Hall–Kier alpha value is -3.11. The molecule has 2 aromatic carbocycles. The lowest BCUT2D eigenvalue weighted by molar-refractivity contribution is -0.384. The largest absolute Gasteiger partial charge is 0.370 e. The second-order valence-corrected chi connectivity index (χ2v) is 7.79. The van der Waals surface area contributed by atoms with Gasteiger partial charge in [-0.15, -0.1) is 5.10 Å². The molecule has 1 fully saturated rings. The summed E-state index contributed by atoms with van der Waals surface area (Å²) in [5, 5.41) is 19.1. The van der Waals surface area contributed by atoms with Crippen molar-refractivity contribution in [1.29, 1.82) is 0 Å². The molecule has 0 N–H and O–H groups in total. The molecular formula is C20H18BrN5O4. The van der Waals surface area contributed by atoms with E-state index in [2.05, 4.69) is 26.2 Å². The maximum absolute atomic E-state index is 13.1. The third-order valence-corrected chi connectivity index (χ3v) is 5.51. The molecule has 1 aliphatic heterocycles. The van der Waals surface area contributed by atoms with Crippen molar-refractivity contribution in [3.8, 4) is 5.69 Å². The average Bonchev–Trinajstić information content (AvgIpc) is 3.15. The number of carbonyl (C=O) groups excluding carboxylic acids is 1. The number of ether oxygens (including phenoxy) is 1. The Bertz CT molecular complexity index is 1100. The predicted molar refractivity (Wildman–Crippen MR) is 111 cm³/mol. The SMILES string of the molecule is Cc1c(C(=O)N2CCOC(c3ccc(Br)cc3)C2)nnn1-c1cccc([N+](=O)[O-])c1. The van der Waals surface area contributed by atoms with Crippen LogP contribution >= 0.6 is 15.9 Å². The molecule has 1 unspecified atom stereocenters. The van der Waals surface area contributed by atoms with E-state index in [0.717, 1.165) is 10.0 Å². The molecule has 1 amide bonds. The van der Waals surface area contributed by atoms with Gasteiger partial charge in [0.15, 0.2) is 5.69 Å². The Labute approximate surface area is 180 Å². The standard InChI is InChI=1S/C20H18BrN5O4/c1-13-19(22-23-25(13)16-3-2-4-17(11-16)26(28)29)20(27)24-9-10-30-18(12-24)14-5-7-15(21)8-6-14/h2-8,11,18H,9-10,12H2,1H3. The van der Waals surface area contributed by atoms with Gasteiger partial charge in [-0.05, 0) is 30.7 Å². The van der Waals surface area contributed by atoms with E-state index in [4.69, 9.17) is 4.74 Å². The average molecular weight is 472 g/mol.